The van der Waals surface area contributed by atoms with Gasteiger partial charge in [-0.05, 0) is 36.2 Å². The SMILES string of the molecule is O=C1COc2ccc(CCC(=O)N3CCN(c4ccccn4)CC3)cc2N1. The molecule has 0 saturated carbocycles. The molecule has 3 heterocycles. The molecule has 2 aliphatic rings. The highest BCUT2D eigenvalue weighted by atomic mass is 16.5. The number of fused-ring (bicyclic) bond motifs is 1. The number of nitrogens with one attached hydrogen (secondary N) is 1. The van der Waals surface area contributed by atoms with E-state index in [1.54, 1.807) is 6.20 Å². The van der Waals surface area contributed by atoms with Gasteiger partial charge in [-0.1, -0.05) is 12.1 Å². The van der Waals surface area contributed by atoms with Gasteiger partial charge < -0.3 is 19.9 Å². The standard InChI is InChI=1S/C20H22N4O3/c25-19-14-27-17-6-4-15(13-16(17)22-19)5-7-20(26)24-11-9-23(10-12-24)18-3-1-2-8-21-18/h1-4,6,8,13H,5,7,9-12,14H2,(H,22,25). The van der Waals surface area contributed by atoms with Crippen molar-refractivity contribution in [3.8, 4) is 5.75 Å². The van der Waals surface area contributed by atoms with E-state index in [0.29, 0.717) is 37.4 Å². The lowest BCUT2D eigenvalue weighted by molar-refractivity contribution is -0.131. The Bertz CT molecular complexity index is 832. The summed E-state index contributed by atoms with van der Waals surface area (Å²) in [5.41, 5.74) is 1.69. The van der Waals surface area contributed by atoms with Gasteiger partial charge in [0, 0.05) is 38.8 Å². The molecule has 1 aromatic heterocycles. The molecular weight excluding hydrogens is 344 g/mol. The Morgan fingerprint density at radius 2 is 2.00 bits per heavy atom. The largest absolute Gasteiger partial charge is 0.482 e. The zero-order valence-electron chi connectivity index (χ0n) is 15.1. The Hall–Kier alpha value is -3.09. The summed E-state index contributed by atoms with van der Waals surface area (Å²) in [5.74, 6) is 1.65. The van der Waals surface area contributed by atoms with E-state index in [0.717, 1.165) is 24.5 Å². The molecule has 0 spiro atoms. The first-order valence-electron chi connectivity index (χ1n) is 9.18. The lowest BCUT2D eigenvalue weighted by Gasteiger charge is -2.35. The van der Waals surface area contributed by atoms with E-state index in [-0.39, 0.29) is 18.4 Å². The van der Waals surface area contributed by atoms with Crippen LogP contribution in [0.3, 0.4) is 0 Å². The Morgan fingerprint density at radius 1 is 1.15 bits per heavy atom. The molecule has 7 nitrogen and oxygen atoms in total. The average Bonchev–Trinajstić information content (AvgIpc) is 2.72. The maximum atomic E-state index is 12.6. The van der Waals surface area contributed by atoms with Crippen LogP contribution in [0.15, 0.2) is 42.6 Å². The summed E-state index contributed by atoms with van der Waals surface area (Å²) >= 11 is 0. The minimum atomic E-state index is -0.151. The van der Waals surface area contributed by atoms with E-state index < -0.39 is 0 Å². The van der Waals surface area contributed by atoms with Gasteiger partial charge in [0.05, 0.1) is 5.69 Å². The van der Waals surface area contributed by atoms with E-state index in [2.05, 4.69) is 15.2 Å². The van der Waals surface area contributed by atoms with Crippen molar-refractivity contribution < 1.29 is 14.3 Å². The lowest BCUT2D eigenvalue weighted by Crippen LogP contribution is -2.49. The predicted octanol–water partition coefficient (Wildman–Crippen LogP) is 1.69. The molecule has 1 aromatic carbocycles. The zero-order valence-corrected chi connectivity index (χ0v) is 15.1. The number of carbonyl (C=O) groups excluding carboxylic acids is 2. The van der Waals surface area contributed by atoms with Gasteiger partial charge in [-0.2, -0.15) is 0 Å². The molecule has 0 unspecified atom stereocenters. The number of aryl methyl sites for hydroxylation is 1. The van der Waals surface area contributed by atoms with Crippen LogP contribution in [0.2, 0.25) is 0 Å². The molecule has 2 amide bonds. The minimum Gasteiger partial charge on any atom is -0.482 e. The number of benzene rings is 1. The van der Waals surface area contributed by atoms with Crippen molar-refractivity contribution in [2.24, 2.45) is 0 Å². The van der Waals surface area contributed by atoms with E-state index >= 15 is 0 Å². The van der Waals surface area contributed by atoms with Crippen LogP contribution in [0.5, 0.6) is 5.75 Å². The summed E-state index contributed by atoms with van der Waals surface area (Å²) < 4.78 is 5.36. The molecule has 1 N–H and O–H groups in total. The first kappa shape index (κ1) is 17.3. The molecule has 1 fully saturated rings. The van der Waals surface area contributed by atoms with E-state index in [9.17, 15) is 9.59 Å². The summed E-state index contributed by atoms with van der Waals surface area (Å²) in [6.07, 6.45) is 2.89. The van der Waals surface area contributed by atoms with Crippen LogP contribution in [0.4, 0.5) is 11.5 Å². The third-order valence-corrected chi connectivity index (χ3v) is 4.91. The number of pyridine rings is 1. The maximum absolute atomic E-state index is 12.6. The molecule has 7 heteroatoms. The van der Waals surface area contributed by atoms with Crippen LogP contribution in [0.1, 0.15) is 12.0 Å². The number of anilines is 2. The van der Waals surface area contributed by atoms with Gasteiger partial charge in [-0.25, -0.2) is 4.98 Å². The van der Waals surface area contributed by atoms with Gasteiger partial charge >= 0.3 is 0 Å². The molecule has 0 atom stereocenters. The fourth-order valence-corrected chi connectivity index (χ4v) is 3.42. The number of carbonyl (C=O) groups is 2. The molecule has 0 bridgehead atoms. The van der Waals surface area contributed by atoms with E-state index in [4.69, 9.17) is 4.74 Å². The van der Waals surface area contributed by atoms with Crippen molar-refractivity contribution in [1.29, 1.82) is 0 Å². The molecule has 0 aliphatic carbocycles. The van der Waals surface area contributed by atoms with Gasteiger partial charge in [0.15, 0.2) is 6.61 Å². The smallest absolute Gasteiger partial charge is 0.262 e. The Labute approximate surface area is 157 Å². The van der Waals surface area contributed by atoms with Crippen molar-refractivity contribution in [3.63, 3.8) is 0 Å². The lowest BCUT2D eigenvalue weighted by atomic mass is 10.1. The fraction of sp³-hybridized carbons (Fsp3) is 0.350. The molecule has 2 aromatic rings. The second-order valence-electron chi connectivity index (χ2n) is 6.72. The summed E-state index contributed by atoms with van der Waals surface area (Å²) in [7, 11) is 0. The highest BCUT2D eigenvalue weighted by Crippen LogP contribution is 2.28. The van der Waals surface area contributed by atoms with E-state index in [1.807, 2.05) is 41.3 Å². The van der Waals surface area contributed by atoms with Crippen LogP contribution in [-0.4, -0.2) is 54.5 Å². The van der Waals surface area contributed by atoms with Gasteiger partial charge in [0.25, 0.3) is 5.91 Å². The Balaban J connectivity index is 1.29. The zero-order chi connectivity index (χ0) is 18.6. The monoisotopic (exact) mass is 366 g/mol. The van der Waals surface area contributed by atoms with Gasteiger partial charge in [0.1, 0.15) is 11.6 Å². The van der Waals surface area contributed by atoms with Crippen molar-refractivity contribution in [3.05, 3.63) is 48.2 Å². The number of rotatable bonds is 4. The van der Waals surface area contributed by atoms with Crippen molar-refractivity contribution in [1.82, 2.24) is 9.88 Å². The topological polar surface area (TPSA) is 74.8 Å². The first-order valence-corrected chi connectivity index (χ1v) is 9.18. The second kappa shape index (κ2) is 7.65. The number of piperazine rings is 1. The van der Waals surface area contributed by atoms with Crippen LogP contribution in [0.25, 0.3) is 0 Å². The number of hydrogen-bond donors (Lipinski definition) is 1. The quantitative estimate of drug-likeness (QED) is 0.891. The summed E-state index contributed by atoms with van der Waals surface area (Å²) in [6, 6.07) is 11.6. The highest BCUT2D eigenvalue weighted by Gasteiger charge is 2.22. The second-order valence-corrected chi connectivity index (χ2v) is 6.72. The Kier molecular flexibility index (Phi) is 4.91. The average molecular weight is 366 g/mol. The van der Waals surface area contributed by atoms with E-state index in [1.165, 1.54) is 0 Å². The number of ether oxygens (including phenoxy) is 1. The van der Waals surface area contributed by atoms with Gasteiger partial charge in [0.2, 0.25) is 5.91 Å². The first-order chi connectivity index (χ1) is 13.2. The van der Waals surface area contributed by atoms with Crippen molar-refractivity contribution in [2.45, 2.75) is 12.8 Å². The number of hydrogen-bond acceptors (Lipinski definition) is 5. The third-order valence-electron chi connectivity index (χ3n) is 4.91. The molecule has 4 rings (SSSR count). The van der Waals surface area contributed by atoms with Crippen LogP contribution < -0.4 is 15.0 Å². The van der Waals surface area contributed by atoms with Gasteiger partial charge in [-0.3, -0.25) is 9.59 Å². The highest BCUT2D eigenvalue weighted by molar-refractivity contribution is 5.95. The molecule has 2 aliphatic heterocycles. The van der Waals surface area contributed by atoms with Crippen LogP contribution in [-0.2, 0) is 16.0 Å². The molecule has 1 saturated heterocycles. The van der Waals surface area contributed by atoms with Crippen LogP contribution in [0, 0.1) is 0 Å². The fourth-order valence-electron chi connectivity index (χ4n) is 3.42. The van der Waals surface area contributed by atoms with Crippen molar-refractivity contribution in [2.75, 3.05) is 43.0 Å². The van der Waals surface area contributed by atoms with Crippen LogP contribution >= 0.6 is 0 Å². The Morgan fingerprint density at radius 3 is 2.78 bits per heavy atom. The normalized spacial score (nSPS) is 16.4. The molecule has 27 heavy (non-hydrogen) atoms. The molecule has 0 radical (unpaired) electrons. The third kappa shape index (κ3) is 4.02. The number of amides is 2. The molecular formula is C20H22N4O3. The maximum Gasteiger partial charge on any atom is 0.262 e. The summed E-state index contributed by atoms with van der Waals surface area (Å²) in [6.45, 7) is 3.07. The van der Waals surface area contributed by atoms with Gasteiger partial charge in [-0.15, -0.1) is 0 Å². The minimum absolute atomic E-state index is 0.0509. The summed E-state index contributed by atoms with van der Waals surface area (Å²) in [5, 5.41) is 2.80. The summed E-state index contributed by atoms with van der Waals surface area (Å²) in [4.78, 5) is 32.5. The van der Waals surface area contributed by atoms with Crippen molar-refractivity contribution >= 4 is 23.3 Å². The predicted molar refractivity (Wildman–Crippen MR) is 102 cm³/mol. The molecule has 140 valence electrons. The number of aromatic nitrogens is 1. The number of nitrogens with zero attached hydrogens (tertiary/aromatic N) is 3.